The fourth-order valence-corrected chi connectivity index (χ4v) is 6.27. The van der Waals surface area contributed by atoms with E-state index in [0.717, 1.165) is 6.42 Å². The normalized spacial score (nSPS) is 23.3. The van der Waals surface area contributed by atoms with E-state index in [1.807, 2.05) is 20.8 Å². The van der Waals surface area contributed by atoms with Crippen molar-refractivity contribution in [3.05, 3.63) is 36.0 Å². The molecule has 12 heteroatoms. The van der Waals surface area contributed by atoms with Gasteiger partial charge in [0.25, 0.3) is 5.91 Å². The van der Waals surface area contributed by atoms with E-state index in [9.17, 15) is 28.8 Å². The number of hydrogen-bond donors (Lipinski definition) is 3. The Balaban J connectivity index is 1.71. The molecule has 4 amide bonds. The van der Waals surface area contributed by atoms with Crippen LogP contribution < -0.4 is 20.8 Å². The van der Waals surface area contributed by atoms with Gasteiger partial charge in [-0.1, -0.05) is 58.2 Å². The van der Waals surface area contributed by atoms with Gasteiger partial charge in [-0.2, -0.15) is 4.73 Å². The molecule has 250 valence electrons. The van der Waals surface area contributed by atoms with Crippen LogP contribution in [0.4, 0.5) is 0 Å². The molecular formula is C34H47N5O7. The summed E-state index contributed by atoms with van der Waals surface area (Å²) in [6.45, 7) is 5.89. The van der Waals surface area contributed by atoms with E-state index in [4.69, 9.17) is 4.84 Å². The zero-order valence-electron chi connectivity index (χ0n) is 27.3. The van der Waals surface area contributed by atoms with Crippen molar-refractivity contribution in [2.75, 3.05) is 13.7 Å². The third-order valence-electron chi connectivity index (χ3n) is 9.29. The highest BCUT2D eigenvalue weighted by molar-refractivity contribution is 6.20. The number of unbranched alkanes of at least 4 members (excludes halogenated alkanes) is 2. The number of piperidine rings is 1. The first-order chi connectivity index (χ1) is 22.1. The summed E-state index contributed by atoms with van der Waals surface area (Å²) in [5, 5.41) is 8.81. The van der Waals surface area contributed by atoms with E-state index in [1.165, 1.54) is 22.9 Å². The summed E-state index contributed by atoms with van der Waals surface area (Å²) >= 11 is 0. The van der Waals surface area contributed by atoms with Crippen LogP contribution in [0.2, 0.25) is 0 Å². The maximum absolute atomic E-state index is 14.2. The number of carbonyl (C=O) groups excluding carboxylic acids is 6. The molecule has 2 fully saturated rings. The summed E-state index contributed by atoms with van der Waals surface area (Å²) in [6.07, 6.45) is 6.92. The average molecular weight is 638 g/mol. The van der Waals surface area contributed by atoms with Crippen molar-refractivity contribution in [2.45, 2.75) is 109 Å². The highest BCUT2D eigenvalue weighted by Crippen LogP contribution is 2.24. The second-order valence-electron chi connectivity index (χ2n) is 12.3. The Morgan fingerprint density at radius 3 is 2.43 bits per heavy atom. The number of amides is 4. The maximum atomic E-state index is 14.2. The summed E-state index contributed by atoms with van der Waals surface area (Å²) < 4.78 is 1.41. The average Bonchev–Trinajstić information content (AvgIpc) is 3.46. The molecule has 5 atom stereocenters. The van der Waals surface area contributed by atoms with Crippen LogP contribution in [0.15, 0.2) is 30.5 Å². The van der Waals surface area contributed by atoms with Crippen LogP contribution in [0.25, 0.3) is 10.9 Å². The second-order valence-corrected chi connectivity index (χ2v) is 12.3. The number of carbonyl (C=O) groups is 6. The topological polar surface area (TPSA) is 156 Å². The molecule has 1 unspecified atom stereocenters. The van der Waals surface area contributed by atoms with Gasteiger partial charge in [0.1, 0.15) is 31.0 Å². The molecule has 2 aliphatic heterocycles. The molecule has 3 heterocycles. The van der Waals surface area contributed by atoms with Crippen molar-refractivity contribution < 1.29 is 33.6 Å². The number of aromatic nitrogens is 1. The minimum atomic E-state index is -1.68. The van der Waals surface area contributed by atoms with Crippen molar-refractivity contribution in [1.29, 1.82) is 0 Å². The lowest BCUT2D eigenvalue weighted by molar-refractivity contribution is -0.147. The van der Waals surface area contributed by atoms with Crippen LogP contribution in [0.3, 0.4) is 0 Å². The largest absolute Gasteiger partial charge is 0.417 e. The first-order valence-electron chi connectivity index (χ1n) is 16.5. The first kappa shape index (κ1) is 34.6. The maximum Gasteiger partial charge on any atom is 0.251 e. The molecule has 0 spiro atoms. The Bertz CT molecular complexity index is 1450. The third kappa shape index (κ3) is 7.76. The van der Waals surface area contributed by atoms with E-state index in [2.05, 4.69) is 16.0 Å². The van der Waals surface area contributed by atoms with Gasteiger partial charge < -0.3 is 25.7 Å². The monoisotopic (exact) mass is 637 g/mol. The number of nitrogens with one attached hydrogen (secondary N) is 3. The Kier molecular flexibility index (Phi) is 11.9. The minimum Gasteiger partial charge on any atom is -0.417 e. The summed E-state index contributed by atoms with van der Waals surface area (Å²) in [5.74, 6) is -3.11. The number of nitrogens with zero attached hydrogens (tertiary/aromatic N) is 2. The molecule has 12 nitrogen and oxygen atoms in total. The molecule has 2 aliphatic rings. The molecule has 2 saturated heterocycles. The smallest absolute Gasteiger partial charge is 0.251 e. The summed E-state index contributed by atoms with van der Waals surface area (Å²) in [7, 11) is 1.45. The minimum absolute atomic E-state index is 0.161. The SMILES string of the molecule is CCC(=O)CCCCC[C@@H]1NC(=O)[C@H]2CCCCN2C(=O)[C@H](C(C)CC)NC(=O)[C@H](C(=O)c2cn(OC)c3ccccc23)NC1=O. The zero-order chi connectivity index (χ0) is 33.4. The van der Waals surface area contributed by atoms with Gasteiger partial charge in [0.15, 0.2) is 11.8 Å². The van der Waals surface area contributed by atoms with Crippen LogP contribution in [0.5, 0.6) is 0 Å². The summed E-state index contributed by atoms with van der Waals surface area (Å²) in [6, 6.07) is 2.52. The highest BCUT2D eigenvalue weighted by atomic mass is 16.6. The lowest BCUT2D eigenvalue weighted by Crippen LogP contribution is -2.65. The van der Waals surface area contributed by atoms with E-state index < -0.39 is 47.7 Å². The molecule has 0 radical (unpaired) electrons. The van der Waals surface area contributed by atoms with Crippen molar-refractivity contribution in [2.24, 2.45) is 5.92 Å². The van der Waals surface area contributed by atoms with Gasteiger partial charge in [-0.3, -0.25) is 28.8 Å². The van der Waals surface area contributed by atoms with Crippen LogP contribution in [-0.2, 0) is 24.0 Å². The van der Waals surface area contributed by atoms with Crippen LogP contribution in [0.1, 0.15) is 95.3 Å². The van der Waals surface area contributed by atoms with Gasteiger partial charge in [-0.05, 0) is 44.1 Å². The number of rotatable bonds is 12. The number of Topliss-reactive ketones (excluding diaryl/α,β-unsaturated/α-hetero) is 2. The van der Waals surface area contributed by atoms with Crippen molar-refractivity contribution >= 4 is 46.1 Å². The Morgan fingerprint density at radius 1 is 0.957 bits per heavy atom. The Labute approximate surface area is 269 Å². The number of benzene rings is 1. The van der Waals surface area contributed by atoms with Crippen molar-refractivity contribution in [3.8, 4) is 0 Å². The standard InChI is InChI=1S/C34H47N5O7/c1-5-21(3)28-34(45)38-19-13-12-18-27(38)32(43)35-25(16-9-7-8-14-22(40)6-2)31(42)37-29(33(44)36-28)30(41)24-20-39(46-4)26-17-11-10-15-23(24)26/h10-11,15,17,20-21,25,27-29H,5-9,12-14,16,18-19H2,1-4H3,(H,35,43)(H,36,44)(H,37,42)/t21?,25-,27+,28-,29-/m0/s1. The predicted octanol–water partition coefficient (Wildman–Crippen LogP) is 2.71. The van der Waals surface area contributed by atoms with Gasteiger partial charge in [0.2, 0.25) is 17.7 Å². The van der Waals surface area contributed by atoms with Gasteiger partial charge in [-0.25, -0.2) is 0 Å². The molecule has 0 aliphatic carbocycles. The van der Waals surface area contributed by atoms with E-state index >= 15 is 0 Å². The van der Waals surface area contributed by atoms with Crippen LogP contribution in [0, 0.1) is 5.92 Å². The molecule has 1 aromatic carbocycles. The number of hydrogen-bond acceptors (Lipinski definition) is 7. The Morgan fingerprint density at radius 2 is 1.72 bits per heavy atom. The molecular weight excluding hydrogens is 590 g/mol. The fraction of sp³-hybridized carbons (Fsp3) is 0.588. The fourth-order valence-electron chi connectivity index (χ4n) is 6.27. The molecule has 1 aromatic heterocycles. The third-order valence-corrected chi connectivity index (χ3v) is 9.29. The molecule has 0 bridgehead atoms. The molecule has 2 aromatic rings. The van der Waals surface area contributed by atoms with Crippen LogP contribution >= 0.6 is 0 Å². The number of ketones is 2. The van der Waals surface area contributed by atoms with Gasteiger partial charge in [-0.15, -0.1) is 0 Å². The summed E-state index contributed by atoms with van der Waals surface area (Å²) in [5.41, 5.74) is 0.761. The van der Waals surface area contributed by atoms with Crippen LogP contribution in [-0.4, -0.2) is 82.6 Å². The highest BCUT2D eigenvalue weighted by Gasteiger charge is 2.42. The lowest BCUT2D eigenvalue weighted by atomic mass is 9.93. The quantitative estimate of drug-likeness (QED) is 0.184. The Hall–Kier alpha value is -4.22. The molecule has 4 rings (SSSR count). The van der Waals surface area contributed by atoms with E-state index in [1.54, 1.807) is 24.3 Å². The number of para-hydroxylation sites is 1. The first-order valence-corrected chi connectivity index (χ1v) is 16.5. The zero-order valence-corrected chi connectivity index (χ0v) is 27.3. The van der Waals surface area contributed by atoms with Gasteiger partial charge in [0.05, 0.1) is 11.7 Å². The molecule has 3 N–H and O–H groups in total. The van der Waals surface area contributed by atoms with E-state index in [-0.39, 0.29) is 29.6 Å². The van der Waals surface area contributed by atoms with Gasteiger partial charge in [0, 0.05) is 30.3 Å². The van der Waals surface area contributed by atoms with E-state index in [0.29, 0.717) is 68.8 Å². The molecule has 46 heavy (non-hydrogen) atoms. The summed E-state index contributed by atoms with van der Waals surface area (Å²) in [4.78, 5) is 88.5. The van der Waals surface area contributed by atoms with Crippen molar-refractivity contribution in [1.82, 2.24) is 25.6 Å². The predicted molar refractivity (Wildman–Crippen MR) is 172 cm³/mol. The number of fused-ring (bicyclic) bond motifs is 2. The second kappa shape index (κ2) is 15.9. The van der Waals surface area contributed by atoms with Crippen molar-refractivity contribution in [3.63, 3.8) is 0 Å². The van der Waals surface area contributed by atoms with Gasteiger partial charge >= 0.3 is 0 Å². The molecule has 0 saturated carbocycles. The lowest BCUT2D eigenvalue weighted by Gasteiger charge is -2.39.